The van der Waals surface area contributed by atoms with Gasteiger partial charge in [0.25, 0.3) is 0 Å². The van der Waals surface area contributed by atoms with E-state index in [1.54, 1.807) is 19.1 Å². The summed E-state index contributed by atoms with van der Waals surface area (Å²) < 4.78 is 45.2. The normalized spacial score (nSPS) is 18.3. The summed E-state index contributed by atoms with van der Waals surface area (Å²) in [5.74, 6) is 0.432. The molecule has 1 amide bonds. The first-order valence-electron chi connectivity index (χ1n) is 9.58. The van der Waals surface area contributed by atoms with Crippen LogP contribution < -0.4 is 10.2 Å². The van der Waals surface area contributed by atoms with Crippen molar-refractivity contribution in [1.29, 1.82) is 5.26 Å². The molecule has 2 aromatic rings. The predicted molar refractivity (Wildman–Crippen MR) is 105 cm³/mol. The van der Waals surface area contributed by atoms with E-state index in [1.165, 1.54) is 17.2 Å². The highest BCUT2D eigenvalue weighted by atomic mass is 19.4. The summed E-state index contributed by atoms with van der Waals surface area (Å²) in [6.07, 6.45) is -2.73. The van der Waals surface area contributed by atoms with Crippen molar-refractivity contribution in [2.75, 3.05) is 16.8 Å². The van der Waals surface area contributed by atoms with Crippen molar-refractivity contribution in [2.45, 2.75) is 44.9 Å². The standard InChI is InChI=1S/C21H21F3N4O2/c1-3-15-10-17(27-19-8-5-13(11-25)12-26-19)16-9-14(21(22,23)24)6-7-18(16)28(15)20(29)30-4-2/h5-9,12,15,17H,3-4,10H2,1-2H3,(H,26,27)/t15-,17+/m1/s1. The summed E-state index contributed by atoms with van der Waals surface area (Å²) in [5, 5.41) is 12.1. The lowest BCUT2D eigenvalue weighted by Crippen LogP contribution is -2.46. The Morgan fingerprint density at radius 1 is 1.33 bits per heavy atom. The Morgan fingerprint density at radius 2 is 2.10 bits per heavy atom. The number of fused-ring (bicyclic) bond motifs is 1. The molecule has 0 spiro atoms. The van der Waals surface area contributed by atoms with Gasteiger partial charge in [0.2, 0.25) is 0 Å². The minimum absolute atomic E-state index is 0.165. The Morgan fingerprint density at radius 3 is 2.67 bits per heavy atom. The molecular weight excluding hydrogens is 397 g/mol. The molecule has 3 rings (SSSR count). The van der Waals surface area contributed by atoms with Crippen molar-refractivity contribution in [2.24, 2.45) is 0 Å². The number of nitrogens with zero attached hydrogens (tertiary/aromatic N) is 3. The van der Waals surface area contributed by atoms with E-state index < -0.39 is 23.9 Å². The maximum Gasteiger partial charge on any atom is 0.416 e. The number of nitriles is 1. The van der Waals surface area contributed by atoms with Gasteiger partial charge in [-0.25, -0.2) is 9.78 Å². The van der Waals surface area contributed by atoms with Crippen molar-refractivity contribution in [3.8, 4) is 6.07 Å². The fourth-order valence-electron chi connectivity index (χ4n) is 3.58. The molecule has 9 heteroatoms. The monoisotopic (exact) mass is 418 g/mol. The fraction of sp³-hybridized carbons (Fsp3) is 0.381. The molecule has 0 saturated heterocycles. The van der Waals surface area contributed by atoms with Crippen molar-refractivity contribution in [1.82, 2.24) is 4.98 Å². The Balaban J connectivity index is 2.05. The van der Waals surface area contributed by atoms with Crippen molar-refractivity contribution in [3.63, 3.8) is 0 Å². The number of halogens is 3. The number of rotatable bonds is 4. The van der Waals surface area contributed by atoms with E-state index in [2.05, 4.69) is 10.3 Å². The van der Waals surface area contributed by atoms with Gasteiger partial charge in [0, 0.05) is 12.2 Å². The first-order chi connectivity index (χ1) is 14.3. The van der Waals surface area contributed by atoms with Crippen LogP contribution in [-0.4, -0.2) is 23.7 Å². The van der Waals surface area contributed by atoms with Gasteiger partial charge in [-0.2, -0.15) is 18.4 Å². The third kappa shape index (κ3) is 4.32. The van der Waals surface area contributed by atoms with E-state index in [1.807, 2.05) is 13.0 Å². The smallest absolute Gasteiger partial charge is 0.416 e. The zero-order valence-electron chi connectivity index (χ0n) is 16.5. The minimum Gasteiger partial charge on any atom is -0.449 e. The third-order valence-corrected chi connectivity index (χ3v) is 5.01. The van der Waals surface area contributed by atoms with Crippen LogP contribution in [0.25, 0.3) is 0 Å². The summed E-state index contributed by atoms with van der Waals surface area (Å²) >= 11 is 0. The van der Waals surface area contributed by atoms with Crippen molar-refractivity contribution in [3.05, 3.63) is 53.2 Å². The Kier molecular flexibility index (Phi) is 6.15. The van der Waals surface area contributed by atoms with E-state index >= 15 is 0 Å². The molecule has 158 valence electrons. The van der Waals surface area contributed by atoms with Gasteiger partial charge in [-0.05, 0) is 55.7 Å². The molecule has 1 aromatic carbocycles. The van der Waals surface area contributed by atoms with Gasteiger partial charge in [-0.3, -0.25) is 4.90 Å². The Labute approximate surface area is 172 Å². The van der Waals surface area contributed by atoms with E-state index in [-0.39, 0.29) is 12.6 Å². The number of carbonyl (C=O) groups excluding carboxylic acids is 1. The first-order valence-corrected chi connectivity index (χ1v) is 9.58. The van der Waals surface area contributed by atoms with E-state index in [4.69, 9.17) is 10.00 Å². The van der Waals surface area contributed by atoms with Gasteiger partial charge in [-0.1, -0.05) is 6.92 Å². The third-order valence-electron chi connectivity index (χ3n) is 5.01. The lowest BCUT2D eigenvalue weighted by Gasteiger charge is -2.40. The van der Waals surface area contributed by atoms with E-state index in [9.17, 15) is 18.0 Å². The summed E-state index contributed by atoms with van der Waals surface area (Å²) in [5.41, 5.74) is 0.308. The Bertz CT molecular complexity index is 954. The molecule has 0 fully saturated rings. The number of benzene rings is 1. The molecule has 2 heterocycles. The number of pyridine rings is 1. The number of anilines is 2. The van der Waals surface area contributed by atoms with Gasteiger partial charge < -0.3 is 10.1 Å². The van der Waals surface area contributed by atoms with Gasteiger partial charge in [0.1, 0.15) is 11.9 Å². The SMILES string of the molecule is CCOC(=O)N1c2ccc(C(F)(F)F)cc2[C@@H](Nc2ccc(C#N)cn2)C[C@H]1CC. The van der Waals surface area contributed by atoms with Crippen LogP contribution in [0.15, 0.2) is 36.5 Å². The molecule has 0 bridgehead atoms. The molecular formula is C21H21F3N4O2. The zero-order chi connectivity index (χ0) is 21.9. The molecule has 1 aliphatic heterocycles. The molecule has 0 unspecified atom stereocenters. The van der Waals surface area contributed by atoms with Crippen LogP contribution in [0.4, 0.5) is 29.5 Å². The van der Waals surface area contributed by atoms with Crippen LogP contribution in [0, 0.1) is 11.3 Å². The highest BCUT2D eigenvalue weighted by Crippen LogP contribution is 2.43. The van der Waals surface area contributed by atoms with Crippen LogP contribution in [0.3, 0.4) is 0 Å². The molecule has 1 aromatic heterocycles. The van der Waals surface area contributed by atoms with Crippen LogP contribution in [0.2, 0.25) is 0 Å². The quantitative estimate of drug-likeness (QED) is 0.732. The van der Waals surface area contributed by atoms with Crippen LogP contribution in [-0.2, 0) is 10.9 Å². The maximum atomic E-state index is 13.3. The molecule has 30 heavy (non-hydrogen) atoms. The van der Waals surface area contributed by atoms with Gasteiger partial charge in [0.05, 0.1) is 29.5 Å². The van der Waals surface area contributed by atoms with Crippen molar-refractivity contribution >= 4 is 17.6 Å². The number of hydrogen-bond donors (Lipinski definition) is 1. The zero-order valence-corrected chi connectivity index (χ0v) is 16.5. The minimum atomic E-state index is -4.51. The molecule has 1 aliphatic rings. The highest BCUT2D eigenvalue weighted by Gasteiger charge is 2.39. The van der Waals surface area contributed by atoms with Gasteiger partial charge >= 0.3 is 12.3 Å². The van der Waals surface area contributed by atoms with Crippen LogP contribution >= 0.6 is 0 Å². The Hall–Kier alpha value is -3.28. The fourth-order valence-corrected chi connectivity index (χ4v) is 3.58. The highest BCUT2D eigenvalue weighted by molar-refractivity contribution is 5.90. The lowest BCUT2D eigenvalue weighted by molar-refractivity contribution is -0.137. The number of alkyl halides is 3. The average Bonchev–Trinajstić information content (AvgIpc) is 2.73. The van der Waals surface area contributed by atoms with E-state index in [0.717, 1.165) is 12.1 Å². The second kappa shape index (κ2) is 8.61. The molecule has 2 atom stereocenters. The maximum absolute atomic E-state index is 13.3. The second-order valence-electron chi connectivity index (χ2n) is 6.88. The summed E-state index contributed by atoms with van der Waals surface area (Å²) in [7, 11) is 0. The molecule has 1 N–H and O–H groups in total. The topological polar surface area (TPSA) is 78.2 Å². The number of carbonyl (C=O) groups is 1. The van der Waals surface area contributed by atoms with E-state index in [0.29, 0.717) is 35.5 Å². The molecule has 0 radical (unpaired) electrons. The largest absolute Gasteiger partial charge is 0.449 e. The molecule has 6 nitrogen and oxygen atoms in total. The van der Waals surface area contributed by atoms with Crippen molar-refractivity contribution < 1.29 is 22.7 Å². The summed E-state index contributed by atoms with van der Waals surface area (Å²) in [4.78, 5) is 18.2. The number of aromatic nitrogens is 1. The molecule has 0 aliphatic carbocycles. The van der Waals surface area contributed by atoms with Gasteiger partial charge in [0.15, 0.2) is 0 Å². The second-order valence-corrected chi connectivity index (χ2v) is 6.88. The number of amides is 1. The van der Waals surface area contributed by atoms with Crippen LogP contribution in [0.5, 0.6) is 0 Å². The summed E-state index contributed by atoms with van der Waals surface area (Å²) in [6.45, 7) is 3.75. The lowest BCUT2D eigenvalue weighted by atomic mass is 9.88. The van der Waals surface area contributed by atoms with Crippen LogP contribution in [0.1, 0.15) is 49.4 Å². The number of hydrogen-bond acceptors (Lipinski definition) is 5. The number of nitrogens with one attached hydrogen (secondary N) is 1. The molecule has 0 saturated carbocycles. The predicted octanol–water partition coefficient (Wildman–Crippen LogP) is 5.27. The number of ether oxygens (including phenoxy) is 1. The summed E-state index contributed by atoms with van der Waals surface area (Å²) in [6, 6.07) is 7.74. The average molecular weight is 418 g/mol. The first kappa shape index (κ1) is 21.4. The van der Waals surface area contributed by atoms with Gasteiger partial charge in [-0.15, -0.1) is 0 Å².